The van der Waals surface area contributed by atoms with Gasteiger partial charge in [0.2, 0.25) is 0 Å². The molecule has 0 aliphatic rings. The Kier molecular flexibility index (Phi) is 6.43. The van der Waals surface area contributed by atoms with Crippen LogP contribution in [0, 0.1) is 20.8 Å². The molecule has 0 saturated carbocycles. The highest BCUT2D eigenvalue weighted by atomic mass is 32.1. The molecule has 44 heavy (non-hydrogen) atoms. The van der Waals surface area contributed by atoms with Gasteiger partial charge in [0.15, 0.2) is 0 Å². The van der Waals surface area contributed by atoms with Gasteiger partial charge in [-0.25, -0.2) is 0 Å². The number of benzene rings is 7. The van der Waals surface area contributed by atoms with Crippen LogP contribution in [0.15, 0.2) is 140 Å². The second kappa shape index (κ2) is 10.6. The Hall–Kier alpha value is -4.98. The Bertz CT molecular complexity index is 2320. The van der Waals surface area contributed by atoms with Gasteiger partial charge in [0, 0.05) is 20.5 Å². The summed E-state index contributed by atoms with van der Waals surface area (Å²) in [5.74, 6) is 0. The largest absolute Gasteiger partial charge is 0.135 e. The van der Waals surface area contributed by atoms with Gasteiger partial charge in [0.05, 0.1) is 0 Å². The third-order valence-corrected chi connectivity index (χ3v) is 10.1. The van der Waals surface area contributed by atoms with Crippen LogP contribution in [0.4, 0.5) is 0 Å². The maximum atomic E-state index is 2.38. The first-order valence-electron chi connectivity index (χ1n) is 15.2. The van der Waals surface area contributed by atoms with Gasteiger partial charge >= 0.3 is 0 Å². The van der Waals surface area contributed by atoms with Gasteiger partial charge in [-0.2, -0.15) is 0 Å². The van der Waals surface area contributed by atoms with Crippen LogP contribution in [0.25, 0.3) is 75.5 Å². The molecule has 1 heteroatoms. The van der Waals surface area contributed by atoms with Crippen molar-refractivity contribution >= 4 is 43.0 Å². The summed E-state index contributed by atoms with van der Waals surface area (Å²) in [5, 5.41) is 6.39. The molecule has 8 rings (SSSR count). The molecule has 0 spiro atoms. The zero-order valence-electron chi connectivity index (χ0n) is 25.2. The molecule has 0 radical (unpaired) electrons. The van der Waals surface area contributed by atoms with E-state index < -0.39 is 0 Å². The average molecular weight is 581 g/mol. The fourth-order valence-corrected chi connectivity index (χ4v) is 7.56. The molecule has 1 heterocycles. The van der Waals surface area contributed by atoms with Gasteiger partial charge in [-0.15, -0.1) is 11.3 Å². The van der Waals surface area contributed by atoms with Gasteiger partial charge < -0.3 is 0 Å². The van der Waals surface area contributed by atoms with Crippen molar-refractivity contribution in [3.63, 3.8) is 0 Å². The van der Waals surface area contributed by atoms with Gasteiger partial charge in [0.1, 0.15) is 0 Å². The third-order valence-electron chi connectivity index (χ3n) is 8.86. The average Bonchev–Trinajstić information content (AvgIpc) is 3.43. The van der Waals surface area contributed by atoms with Crippen LogP contribution < -0.4 is 0 Å². The van der Waals surface area contributed by atoms with Gasteiger partial charge in [-0.3, -0.25) is 0 Å². The summed E-state index contributed by atoms with van der Waals surface area (Å²) in [6.07, 6.45) is 0. The molecule has 0 saturated heterocycles. The second-order valence-electron chi connectivity index (χ2n) is 12.1. The molecule has 0 nitrogen and oxygen atoms in total. The summed E-state index contributed by atoms with van der Waals surface area (Å²) in [5.41, 5.74) is 12.7. The molecular weight excluding hydrogens is 549 g/mol. The Labute approximate surface area is 262 Å². The summed E-state index contributed by atoms with van der Waals surface area (Å²) in [6.45, 7) is 6.43. The normalized spacial score (nSPS) is 11.5. The zero-order valence-corrected chi connectivity index (χ0v) is 26.0. The Morgan fingerprint density at radius 2 is 0.773 bits per heavy atom. The molecule has 0 aliphatic heterocycles. The van der Waals surface area contributed by atoms with Gasteiger partial charge in [-0.1, -0.05) is 126 Å². The van der Waals surface area contributed by atoms with Crippen molar-refractivity contribution in [1.29, 1.82) is 0 Å². The minimum Gasteiger partial charge on any atom is -0.135 e. The van der Waals surface area contributed by atoms with E-state index in [1.54, 1.807) is 0 Å². The topological polar surface area (TPSA) is 0 Å². The fraction of sp³-hybridized carbons (Fsp3) is 0.0698. The highest BCUT2D eigenvalue weighted by Gasteiger charge is 2.17. The summed E-state index contributed by atoms with van der Waals surface area (Å²) in [6, 6.07) is 52.1. The van der Waals surface area contributed by atoms with E-state index in [-0.39, 0.29) is 0 Å². The first kappa shape index (κ1) is 26.6. The quantitative estimate of drug-likeness (QED) is 0.182. The van der Waals surface area contributed by atoms with Crippen molar-refractivity contribution in [3.05, 3.63) is 156 Å². The molecule has 7 aromatic carbocycles. The first-order valence-corrected chi connectivity index (χ1v) is 16.1. The predicted octanol–water partition coefficient (Wildman–Crippen LogP) is 12.8. The lowest BCUT2D eigenvalue weighted by Crippen LogP contribution is -1.83. The minimum absolute atomic E-state index is 1.25. The number of hydrogen-bond acceptors (Lipinski definition) is 1. The molecule has 0 unspecified atom stereocenters. The van der Waals surface area contributed by atoms with Crippen molar-refractivity contribution < 1.29 is 0 Å². The van der Waals surface area contributed by atoms with Crippen LogP contribution in [0.3, 0.4) is 0 Å². The molecule has 0 aliphatic carbocycles. The lowest BCUT2D eigenvalue weighted by atomic mass is 9.94. The summed E-state index contributed by atoms with van der Waals surface area (Å²) < 4.78 is 1.32. The minimum atomic E-state index is 1.25. The van der Waals surface area contributed by atoms with Crippen molar-refractivity contribution in [2.45, 2.75) is 20.8 Å². The molecule has 0 N–H and O–H groups in total. The Balaban J connectivity index is 1.21. The van der Waals surface area contributed by atoms with Crippen molar-refractivity contribution in [2.24, 2.45) is 0 Å². The van der Waals surface area contributed by atoms with E-state index in [9.17, 15) is 0 Å². The molecule has 0 amide bonds. The standard InChI is InChI=1S/C43H32S/c1-27-4-10-30(11-5-27)33-16-18-35-25-39-23-34(17-19-36(39)24-38(35)22-33)37-20-21-40-41(26-37)44-43(32-14-8-29(3)9-15-32)42(40)31-12-6-28(2)7-13-31/h4-26H,1-3H3. The van der Waals surface area contributed by atoms with E-state index in [0.717, 1.165) is 0 Å². The van der Waals surface area contributed by atoms with Gasteiger partial charge in [0.25, 0.3) is 0 Å². The second-order valence-corrected chi connectivity index (χ2v) is 13.1. The van der Waals surface area contributed by atoms with E-state index >= 15 is 0 Å². The highest BCUT2D eigenvalue weighted by molar-refractivity contribution is 7.23. The highest BCUT2D eigenvalue weighted by Crippen LogP contribution is 2.46. The third kappa shape index (κ3) is 4.80. The van der Waals surface area contributed by atoms with Crippen molar-refractivity contribution in [1.82, 2.24) is 0 Å². The van der Waals surface area contributed by atoms with Crippen LogP contribution in [-0.4, -0.2) is 0 Å². The van der Waals surface area contributed by atoms with E-state index in [2.05, 4.69) is 160 Å². The molecule has 0 fully saturated rings. The molecule has 1 aromatic heterocycles. The maximum Gasteiger partial charge on any atom is 0.0433 e. The van der Waals surface area contributed by atoms with E-state index in [1.165, 1.54) is 92.1 Å². The molecule has 0 atom stereocenters. The Morgan fingerprint density at radius 1 is 0.341 bits per heavy atom. The number of aryl methyl sites for hydroxylation is 3. The first-order chi connectivity index (χ1) is 21.5. The van der Waals surface area contributed by atoms with E-state index in [4.69, 9.17) is 0 Å². The predicted molar refractivity (Wildman–Crippen MR) is 193 cm³/mol. The Morgan fingerprint density at radius 3 is 1.34 bits per heavy atom. The number of thiophene rings is 1. The number of rotatable bonds is 4. The van der Waals surface area contributed by atoms with Crippen LogP contribution in [-0.2, 0) is 0 Å². The molecule has 0 bridgehead atoms. The van der Waals surface area contributed by atoms with Crippen LogP contribution >= 0.6 is 11.3 Å². The summed E-state index contributed by atoms with van der Waals surface area (Å²) in [4.78, 5) is 1.33. The van der Waals surface area contributed by atoms with Gasteiger partial charge in [-0.05, 0) is 106 Å². The number of hydrogen-bond donors (Lipinski definition) is 0. The fourth-order valence-electron chi connectivity index (χ4n) is 6.29. The van der Waals surface area contributed by atoms with E-state index in [0.29, 0.717) is 0 Å². The zero-order chi connectivity index (χ0) is 29.8. The lowest BCUT2D eigenvalue weighted by Gasteiger charge is -2.09. The molecule has 8 aromatic rings. The van der Waals surface area contributed by atoms with Crippen LogP contribution in [0.1, 0.15) is 16.7 Å². The molecule has 210 valence electrons. The summed E-state index contributed by atoms with van der Waals surface area (Å²) >= 11 is 1.90. The van der Waals surface area contributed by atoms with Crippen LogP contribution in [0.2, 0.25) is 0 Å². The lowest BCUT2D eigenvalue weighted by molar-refractivity contribution is 1.47. The SMILES string of the molecule is Cc1ccc(-c2ccc3cc4cc(-c5ccc6c(-c7ccc(C)cc7)c(-c7ccc(C)cc7)sc6c5)ccc4cc3c2)cc1. The van der Waals surface area contributed by atoms with Crippen molar-refractivity contribution in [3.8, 4) is 43.8 Å². The van der Waals surface area contributed by atoms with E-state index in [1.807, 2.05) is 11.3 Å². The van der Waals surface area contributed by atoms with Crippen molar-refractivity contribution in [2.75, 3.05) is 0 Å². The number of fused-ring (bicyclic) bond motifs is 3. The maximum absolute atomic E-state index is 2.38. The smallest absolute Gasteiger partial charge is 0.0433 e. The molecular formula is C43H32S. The monoisotopic (exact) mass is 580 g/mol. The van der Waals surface area contributed by atoms with Crippen LogP contribution in [0.5, 0.6) is 0 Å². The summed E-state index contributed by atoms with van der Waals surface area (Å²) in [7, 11) is 0.